The maximum absolute atomic E-state index is 13.4. The predicted octanol–water partition coefficient (Wildman–Crippen LogP) is 2.85. The minimum absolute atomic E-state index is 0.250. The van der Waals surface area contributed by atoms with Crippen LogP contribution in [-0.2, 0) is 11.3 Å². The van der Waals surface area contributed by atoms with Crippen molar-refractivity contribution in [3.63, 3.8) is 0 Å². The molecule has 0 aliphatic carbocycles. The Labute approximate surface area is 175 Å². The second kappa shape index (κ2) is 8.85. The number of methoxy groups -OCH3 is 2. The monoisotopic (exact) mass is 414 g/mol. The molecule has 0 unspecified atom stereocenters. The first-order valence-corrected chi connectivity index (χ1v) is 9.65. The molecule has 2 N–H and O–H groups in total. The summed E-state index contributed by atoms with van der Waals surface area (Å²) in [6, 6.07) is 3.09. The molecule has 160 valence electrons. The number of nitrogens with zero attached hydrogens (tertiary/aromatic N) is 4. The zero-order chi connectivity index (χ0) is 21.8. The molecule has 0 radical (unpaired) electrons. The fourth-order valence-corrected chi connectivity index (χ4v) is 3.34. The van der Waals surface area contributed by atoms with Crippen LogP contribution in [-0.4, -0.2) is 49.2 Å². The Bertz CT molecular complexity index is 965. The van der Waals surface area contributed by atoms with E-state index in [4.69, 9.17) is 9.47 Å². The topological polar surface area (TPSA) is 109 Å². The van der Waals surface area contributed by atoms with Gasteiger partial charge in [-0.3, -0.25) is 14.6 Å². The van der Waals surface area contributed by atoms with Crippen LogP contribution in [0.4, 0.5) is 27.9 Å². The zero-order valence-corrected chi connectivity index (χ0v) is 17.8. The molecule has 1 aliphatic rings. The Kier molecular flexibility index (Phi) is 6.24. The predicted molar refractivity (Wildman–Crippen MR) is 115 cm³/mol. The van der Waals surface area contributed by atoms with Crippen molar-refractivity contribution in [2.45, 2.75) is 27.3 Å². The van der Waals surface area contributed by atoms with Crippen molar-refractivity contribution in [2.24, 2.45) is 0 Å². The number of hydrogen-bond donors (Lipinski definition) is 2. The van der Waals surface area contributed by atoms with Crippen LogP contribution in [0.2, 0.25) is 0 Å². The zero-order valence-electron chi connectivity index (χ0n) is 17.8. The lowest BCUT2D eigenvalue weighted by molar-refractivity contribution is -0.114. The fourth-order valence-electron chi connectivity index (χ4n) is 3.34. The third-order valence-electron chi connectivity index (χ3n) is 4.62. The average molecular weight is 414 g/mol. The number of nitrogens with one attached hydrogen (secondary N) is 2. The summed E-state index contributed by atoms with van der Waals surface area (Å²) in [5.74, 6) is 1.64. The number of carbonyl (C=O) groups excluding carboxylic acids is 2. The molecule has 0 saturated heterocycles. The molecular weight excluding hydrogens is 388 g/mol. The summed E-state index contributed by atoms with van der Waals surface area (Å²) >= 11 is 0. The Morgan fingerprint density at radius 2 is 2.00 bits per heavy atom. The molecule has 1 aromatic heterocycles. The van der Waals surface area contributed by atoms with Crippen molar-refractivity contribution in [1.29, 1.82) is 0 Å². The summed E-state index contributed by atoms with van der Waals surface area (Å²) in [5.41, 5.74) is 1.69. The highest BCUT2D eigenvalue weighted by atomic mass is 16.5. The molecule has 3 rings (SSSR count). The number of carbonyl (C=O) groups is 2. The van der Waals surface area contributed by atoms with Gasteiger partial charge in [0.25, 0.3) is 0 Å². The molecule has 10 heteroatoms. The number of hydrogen-bond acceptors (Lipinski definition) is 7. The van der Waals surface area contributed by atoms with Crippen LogP contribution in [0.1, 0.15) is 26.3 Å². The van der Waals surface area contributed by atoms with E-state index in [0.29, 0.717) is 47.7 Å². The standard InChI is InChI=1S/C20H26N6O4/c1-6-21-19-22-10-13-11-26(20(28)25(7-2)18(13)24-19)16-9-14(29-4)8-15(17(16)30-5)23-12(3)27/h8-10H,6-7,11H2,1-5H3,(H,23,27)(H,21,22,24). The third-order valence-corrected chi connectivity index (χ3v) is 4.62. The molecule has 2 heterocycles. The first-order chi connectivity index (χ1) is 14.4. The minimum atomic E-state index is -0.262. The number of amides is 3. The lowest BCUT2D eigenvalue weighted by Crippen LogP contribution is -2.48. The summed E-state index contributed by atoms with van der Waals surface area (Å²) in [6.45, 7) is 6.59. The van der Waals surface area contributed by atoms with Crippen LogP contribution in [0.5, 0.6) is 11.5 Å². The number of ether oxygens (including phenoxy) is 2. The van der Waals surface area contributed by atoms with E-state index < -0.39 is 0 Å². The average Bonchev–Trinajstić information content (AvgIpc) is 2.72. The number of fused-ring (bicyclic) bond motifs is 1. The molecule has 0 bridgehead atoms. The van der Waals surface area contributed by atoms with Crippen LogP contribution in [0.25, 0.3) is 0 Å². The highest BCUT2D eigenvalue weighted by molar-refractivity contribution is 6.07. The second-order valence-electron chi connectivity index (χ2n) is 6.59. The van der Waals surface area contributed by atoms with Crippen molar-refractivity contribution in [3.05, 3.63) is 23.9 Å². The number of rotatable bonds is 7. The maximum atomic E-state index is 13.4. The summed E-state index contributed by atoms with van der Waals surface area (Å²) in [7, 11) is 3.01. The van der Waals surface area contributed by atoms with Gasteiger partial charge in [-0.15, -0.1) is 0 Å². The van der Waals surface area contributed by atoms with Gasteiger partial charge in [0.05, 0.1) is 32.1 Å². The largest absolute Gasteiger partial charge is 0.497 e. The maximum Gasteiger partial charge on any atom is 0.330 e. The van der Waals surface area contributed by atoms with E-state index in [9.17, 15) is 9.59 Å². The van der Waals surface area contributed by atoms with E-state index in [-0.39, 0.29) is 18.5 Å². The molecule has 0 saturated carbocycles. The second-order valence-corrected chi connectivity index (χ2v) is 6.59. The summed E-state index contributed by atoms with van der Waals surface area (Å²) < 4.78 is 10.9. The van der Waals surface area contributed by atoms with E-state index in [1.165, 1.54) is 21.1 Å². The van der Waals surface area contributed by atoms with Gasteiger partial charge in [0.2, 0.25) is 11.9 Å². The summed E-state index contributed by atoms with van der Waals surface area (Å²) in [6.07, 6.45) is 1.71. The van der Waals surface area contributed by atoms with Gasteiger partial charge in [-0.25, -0.2) is 9.78 Å². The summed E-state index contributed by atoms with van der Waals surface area (Å²) in [4.78, 5) is 37.0. The van der Waals surface area contributed by atoms with Crippen molar-refractivity contribution >= 4 is 35.1 Å². The third kappa shape index (κ3) is 3.93. The quantitative estimate of drug-likeness (QED) is 0.717. The fraction of sp³-hybridized carbons (Fsp3) is 0.400. The van der Waals surface area contributed by atoms with E-state index in [1.807, 2.05) is 13.8 Å². The first-order valence-electron chi connectivity index (χ1n) is 9.65. The van der Waals surface area contributed by atoms with Gasteiger partial charge in [-0.1, -0.05) is 0 Å². The number of urea groups is 1. The Balaban J connectivity index is 2.11. The van der Waals surface area contributed by atoms with Gasteiger partial charge < -0.3 is 20.1 Å². The van der Waals surface area contributed by atoms with Gasteiger partial charge in [0, 0.05) is 43.9 Å². The van der Waals surface area contributed by atoms with Crippen molar-refractivity contribution in [3.8, 4) is 11.5 Å². The molecule has 1 aliphatic heterocycles. The van der Waals surface area contributed by atoms with E-state index >= 15 is 0 Å². The molecule has 3 amide bonds. The van der Waals surface area contributed by atoms with E-state index in [2.05, 4.69) is 20.6 Å². The highest BCUT2D eigenvalue weighted by Crippen LogP contribution is 2.42. The van der Waals surface area contributed by atoms with Crippen LogP contribution in [0, 0.1) is 0 Å². The van der Waals surface area contributed by atoms with Crippen molar-refractivity contribution in [2.75, 3.05) is 47.7 Å². The lowest BCUT2D eigenvalue weighted by Gasteiger charge is -2.36. The number of benzene rings is 1. The van der Waals surface area contributed by atoms with Gasteiger partial charge in [-0.05, 0) is 13.8 Å². The van der Waals surface area contributed by atoms with Gasteiger partial charge in [0.1, 0.15) is 11.6 Å². The molecule has 30 heavy (non-hydrogen) atoms. The van der Waals surface area contributed by atoms with Gasteiger partial charge >= 0.3 is 6.03 Å². The summed E-state index contributed by atoms with van der Waals surface area (Å²) in [5, 5.41) is 5.80. The van der Waals surface area contributed by atoms with Crippen LogP contribution < -0.4 is 29.9 Å². The SMILES string of the molecule is CCNc1ncc2c(n1)N(CC)C(=O)N(c1cc(OC)cc(NC(C)=O)c1OC)C2. The van der Waals surface area contributed by atoms with Gasteiger partial charge in [-0.2, -0.15) is 4.98 Å². The van der Waals surface area contributed by atoms with Crippen molar-refractivity contribution < 1.29 is 19.1 Å². The molecule has 0 spiro atoms. The van der Waals surface area contributed by atoms with Crippen LogP contribution >= 0.6 is 0 Å². The van der Waals surface area contributed by atoms with Crippen molar-refractivity contribution in [1.82, 2.24) is 9.97 Å². The van der Waals surface area contributed by atoms with Crippen LogP contribution in [0.3, 0.4) is 0 Å². The Morgan fingerprint density at radius 1 is 1.23 bits per heavy atom. The van der Waals surface area contributed by atoms with E-state index in [1.54, 1.807) is 28.1 Å². The Morgan fingerprint density at radius 3 is 2.60 bits per heavy atom. The normalized spacial score (nSPS) is 13.0. The first kappa shape index (κ1) is 21.2. The van der Waals surface area contributed by atoms with Crippen LogP contribution in [0.15, 0.2) is 18.3 Å². The Hall–Kier alpha value is -3.56. The van der Waals surface area contributed by atoms with E-state index in [0.717, 1.165) is 5.56 Å². The molecule has 0 atom stereocenters. The number of anilines is 4. The molecule has 10 nitrogen and oxygen atoms in total. The molecule has 0 fully saturated rings. The molecule has 2 aromatic rings. The number of aromatic nitrogens is 2. The lowest BCUT2D eigenvalue weighted by atomic mass is 10.1. The molecule has 1 aromatic carbocycles. The highest BCUT2D eigenvalue weighted by Gasteiger charge is 2.34. The van der Waals surface area contributed by atoms with Gasteiger partial charge in [0.15, 0.2) is 5.75 Å². The minimum Gasteiger partial charge on any atom is -0.497 e. The molecular formula is C20H26N6O4. The smallest absolute Gasteiger partial charge is 0.330 e.